The number of likely N-dealkylation sites (N-methyl/N-ethyl adjacent to an activating group) is 1. The van der Waals surface area contributed by atoms with Crippen molar-refractivity contribution in [3.05, 3.63) is 70.9 Å². The summed E-state index contributed by atoms with van der Waals surface area (Å²) >= 11 is 5.92. The summed E-state index contributed by atoms with van der Waals surface area (Å²) in [5.74, 6) is 0.0259. The normalized spacial score (nSPS) is 19.9. The molecule has 2 aliphatic heterocycles. The van der Waals surface area contributed by atoms with Crippen LogP contribution in [0.1, 0.15) is 5.56 Å². The second-order valence-corrected chi connectivity index (χ2v) is 8.03. The van der Waals surface area contributed by atoms with Crippen LogP contribution in [-0.2, 0) is 16.0 Å². The monoisotopic (exact) mass is 454 g/mol. The molecule has 1 fully saturated rings. The molecular formula is C23H23ClN4O4. The number of imide groups is 1. The number of amides is 4. The zero-order chi connectivity index (χ0) is 22.8. The number of nitrogens with zero attached hydrogens (tertiary/aromatic N) is 2. The van der Waals surface area contributed by atoms with E-state index in [0.717, 1.165) is 16.2 Å². The second kappa shape index (κ2) is 8.92. The average Bonchev–Trinajstić information content (AvgIpc) is 3.11. The molecule has 0 saturated carbocycles. The number of ether oxygens (including phenoxy) is 1. The van der Waals surface area contributed by atoms with Crippen molar-refractivity contribution in [3.63, 3.8) is 0 Å². The molecule has 4 rings (SSSR count). The van der Waals surface area contributed by atoms with Gasteiger partial charge >= 0.3 is 6.03 Å². The van der Waals surface area contributed by atoms with Gasteiger partial charge in [0.25, 0.3) is 11.8 Å². The van der Waals surface area contributed by atoms with Gasteiger partial charge in [0.15, 0.2) is 0 Å². The van der Waals surface area contributed by atoms with Crippen LogP contribution >= 0.6 is 11.6 Å². The second-order valence-electron chi connectivity index (χ2n) is 7.59. The van der Waals surface area contributed by atoms with Crippen LogP contribution in [0, 0.1) is 0 Å². The van der Waals surface area contributed by atoms with E-state index in [4.69, 9.17) is 16.3 Å². The third-order valence-corrected chi connectivity index (χ3v) is 5.86. The molecule has 2 unspecified atom stereocenters. The number of methoxy groups -OCH3 is 1. The van der Waals surface area contributed by atoms with E-state index in [-0.39, 0.29) is 5.91 Å². The fraction of sp³-hybridized carbons (Fsp3) is 0.261. The Bertz CT molecular complexity index is 1090. The van der Waals surface area contributed by atoms with Crippen LogP contribution in [0.3, 0.4) is 0 Å². The largest absolute Gasteiger partial charge is 0.496 e. The molecule has 2 N–H and O–H groups in total. The molecule has 0 spiro atoms. The van der Waals surface area contributed by atoms with E-state index >= 15 is 0 Å². The maximum atomic E-state index is 13.2. The van der Waals surface area contributed by atoms with Crippen molar-refractivity contribution >= 4 is 35.1 Å². The van der Waals surface area contributed by atoms with Crippen LogP contribution in [0.2, 0.25) is 5.02 Å². The first-order valence-electron chi connectivity index (χ1n) is 10.1. The molecule has 2 aromatic carbocycles. The van der Waals surface area contributed by atoms with Gasteiger partial charge in [-0.25, -0.2) is 9.69 Å². The molecule has 2 atom stereocenters. The third-order valence-electron chi connectivity index (χ3n) is 5.61. The molecule has 166 valence electrons. The first-order chi connectivity index (χ1) is 15.4. The zero-order valence-electron chi connectivity index (χ0n) is 17.7. The minimum atomic E-state index is -0.727. The molecule has 0 bridgehead atoms. The molecule has 2 aliphatic rings. The van der Waals surface area contributed by atoms with Gasteiger partial charge in [-0.15, -0.1) is 0 Å². The van der Waals surface area contributed by atoms with Crippen molar-refractivity contribution in [1.82, 2.24) is 15.5 Å². The van der Waals surface area contributed by atoms with Gasteiger partial charge in [-0.2, -0.15) is 0 Å². The van der Waals surface area contributed by atoms with Crippen LogP contribution in [0.4, 0.5) is 10.5 Å². The van der Waals surface area contributed by atoms with Crippen molar-refractivity contribution in [2.75, 3.05) is 25.6 Å². The molecule has 0 aromatic heterocycles. The Balaban J connectivity index is 1.44. The number of para-hydroxylation sites is 1. The summed E-state index contributed by atoms with van der Waals surface area (Å²) in [5, 5.41) is 6.18. The molecule has 0 aliphatic carbocycles. The highest BCUT2D eigenvalue weighted by Crippen LogP contribution is 2.30. The van der Waals surface area contributed by atoms with Gasteiger partial charge in [0.2, 0.25) is 0 Å². The number of benzene rings is 2. The smallest absolute Gasteiger partial charge is 0.329 e. The fourth-order valence-corrected chi connectivity index (χ4v) is 4.17. The lowest BCUT2D eigenvalue weighted by atomic mass is 9.99. The van der Waals surface area contributed by atoms with E-state index in [0.29, 0.717) is 29.2 Å². The van der Waals surface area contributed by atoms with E-state index < -0.39 is 24.0 Å². The van der Waals surface area contributed by atoms with Crippen molar-refractivity contribution in [3.8, 4) is 5.75 Å². The first kappa shape index (κ1) is 21.7. The predicted molar refractivity (Wildman–Crippen MR) is 121 cm³/mol. The minimum Gasteiger partial charge on any atom is -0.496 e. The van der Waals surface area contributed by atoms with Crippen molar-refractivity contribution in [2.45, 2.75) is 18.5 Å². The molecule has 4 amide bonds. The Hall–Kier alpha value is -3.52. The van der Waals surface area contributed by atoms with Gasteiger partial charge in [-0.1, -0.05) is 29.8 Å². The van der Waals surface area contributed by atoms with Gasteiger partial charge in [0.05, 0.1) is 24.4 Å². The average molecular weight is 455 g/mol. The summed E-state index contributed by atoms with van der Waals surface area (Å²) in [6.45, 7) is 0.385. The summed E-state index contributed by atoms with van der Waals surface area (Å²) in [4.78, 5) is 41.5. The highest BCUT2D eigenvalue weighted by Gasteiger charge is 2.49. The van der Waals surface area contributed by atoms with Gasteiger partial charge in [0, 0.05) is 24.8 Å². The van der Waals surface area contributed by atoms with E-state index in [1.54, 1.807) is 49.5 Å². The number of anilines is 1. The number of hydrogen-bond donors (Lipinski definition) is 2. The standard InChI is InChI=1S/C23H23ClN4O4/c1-27-13-17(21(29)25-12-11-14-5-3-4-6-18(14)32-2)19-20(27)22(30)28(23(31)26-19)16-9-7-15(24)8-10-16/h3-10,13,19-20H,11-12H2,1-2H3,(H,25,29)(H,26,31). The van der Waals surface area contributed by atoms with Crippen molar-refractivity contribution in [2.24, 2.45) is 0 Å². The summed E-state index contributed by atoms with van der Waals surface area (Å²) in [6.07, 6.45) is 2.19. The van der Waals surface area contributed by atoms with Gasteiger partial charge in [0.1, 0.15) is 11.8 Å². The summed E-state index contributed by atoms with van der Waals surface area (Å²) in [7, 11) is 3.31. The number of urea groups is 1. The Morgan fingerprint density at radius 1 is 1.16 bits per heavy atom. The summed E-state index contributed by atoms with van der Waals surface area (Å²) < 4.78 is 5.34. The molecule has 0 radical (unpaired) electrons. The Kier molecular flexibility index (Phi) is 6.05. The predicted octanol–water partition coefficient (Wildman–Crippen LogP) is 2.33. The number of halogens is 1. The lowest BCUT2D eigenvalue weighted by molar-refractivity contribution is -0.122. The fourth-order valence-electron chi connectivity index (χ4n) is 4.05. The Morgan fingerprint density at radius 2 is 1.88 bits per heavy atom. The van der Waals surface area contributed by atoms with E-state index in [9.17, 15) is 14.4 Å². The van der Waals surface area contributed by atoms with E-state index in [1.165, 1.54) is 0 Å². The minimum absolute atomic E-state index is 0.327. The maximum absolute atomic E-state index is 13.2. The lowest BCUT2D eigenvalue weighted by Crippen LogP contribution is -2.65. The van der Waals surface area contributed by atoms with Gasteiger partial charge in [-0.05, 0) is 42.3 Å². The molecule has 2 aromatic rings. The molecular weight excluding hydrogens is 432 g/mol. The molecule has 8 nitrogen and oxygen atoms in total. The van der Waals surface area contributed by atoms with Crippen molar-refractivity contribution in [1.29, 1.82) is 0 Å². The maximum Gasteiger partial charge on any atom is 0.329 e. The number of nitrogens with one attached hydrogen (secondary N) is 2. The quantitative estimate of drug-likeness (QED) is 0.699. The molecule has 2 heterocycles. The number of rotatable bonds is 6. The zero-order valence-corrected chi connectivity index (χ0v) is 18.4. The Morgan fingerprint density at radius 3 is 2.59 bits per heavy atom. The number of hydrogen-bond acceptors (Lipinski definition) is 5. The highest BCUT2D eigenvalue weighted by atomic mass is 35.5. The molecule has 1 saturated heterocycles. The summed E-state index contributed by atoms with van der Waals surface area (Å²) in [6, 6.07) is 12.0. The van der Waals surface area contributed by atoms with Crippen LogP contribution < -0.4 is 20.3 Å². The summed E-state index contributed by atoms with van der Waals surface area (Å²) in [5.41, 5.74) is 1.74. The highest BCUT2D eigenvalue weighted by molar-refractivity contribution is 6.30. The van der Waals surface area contributed by atoms with E-state index in [2.05, 4.69) is 10.6 Å². The number of carbonyl (C=O) groups excluding carboxylic acids is 3. The molecule has 32 heavy (non-hydrogen) atoms. The Labute approximate surface area is 190 Å². The third kappa shape index (κ3) is 4.01. The topological polar surface area (TPSA) is 91.0 Å². The van der Waals surface area contributed by atoms with Crippen LogP contribution in [-0.4, -0.2) is 55.5 Å². The van der Waals surface area contributed by atoms with Crippen molar-refractivity contribution < 1.29 is 19.1 Å². The van der Waals surface area contributed by atoms with Crippen LogP contribution in [0.5, 0.6) is 5.75 Å². The number of fused-ring (bicyclic) bond motifs is 1. The van der Waals surface area contributed by atoms with Crippen LogP contribution in [0.25, 0.3) is 0 Å². The van der Waals surface area contributed by atoms with Gasteiger partial charge < -0.3 is 20.3 Å². The number of carbonyl (C=O) groups is 3. The van der Waals surface area contributed by atoms with Crippen LogP contribution in [0.15, 0.2) is 60.3 Å². The van der Waals surface area contributed by atoms with Gasteiger partial charge in [-0.3, -0.25) is 9.59 Å². The first-order valence-corrected chi connectivity index (χ1v) is 10.5. The SMILES string of the molecule is COc1ccccc1CCNC(=O)C1=CN(C)C2C(=O)N(c3ccc(Cl)cc3)C(=O)NC12. The van der Waals surface area contributed by atoms with E-state index in [1.807, 2.05) is 24.3 Å². The lowest BCUT2D eigenvalue weighted by Gasteiger charge is -2.37. The molecule has 9 heteroatoms.